The molecule has 98 valence electrons. The van der Waals surface area contributed by atoms with Crippen LogP contribution in [0.2, 0.25) is 0 Å². The van der Waals surface area contributed by atoms with Crippen molar-refractivity contribution in [3.63, 3.8) is 0 Å². The number of hydrogen-bond donors (Lipinski definition) is 2. The van der Waals surface area contributed by atoms with Crippen molar-refractivity contribution < 1.29 is 9.90 Å². The second kappa shape index (κ2) is 4.61. The summed E-state index contributed by atoms with van der Waals surface area (Å²) in [5.41, 5.74) is 7.32. The van der Waals surface area contributed by atoms with Gasteiger partial charge in [-0.25, -0.2) is 0 Å². The third kappa shape index (κ3) is 2.48. The highest BCUT2D eigenvalue weighted by atomic mass is 16.3. The standard InChI is InChI=1S/C14H20N2O2/c1-10-11(4-3-5-12(10)15)13(17)16-8-6-14(2,18)7-9-16/h3-5,18H,6-9,15H2,1-2H3. The third-order valence-electron chi connectivity index (χ3n) is 3.73. The molecule has 1 aromatic carbocycles. The van der Waals surface area contributed by atoms with Crippen molar-refractivity contribution in [2.24, 2.45) is 0 Å². The Bertz CT molecular complexity index is 459. The largest absolute Gasteiger partial charge is 0.398 e. The smallest absolute Gasteiger partial charge is 0.254 e. The lowest BCUT2D eigenvalue weighted by Crippen LogP contribution is -2.45. The molecule has 1 heterocycles. The van der Waals surface area contributed by atoms with Gasteiger partial charge in [0.25, 0.3) is 5.91 Å². The molecule has 0 radical (unpaired) electrons. The summed E-state index contributed by atoms with van der Waals surface area (Å²) in [5, 5.41) is 9.89. The van der Waals surface area contributed by atoms with Gasteiger partial charge in [-0.05, 0) is 44.4 Å². The third-order valence-corrected chi connectivity index (χ3v) is 3.73. The number of benzene rings is 1. The van der Waals surface area contributed by atoms with Crippen LogP contribution in [0.5, 0.6) is 0 Å². The van der Waals surface area contributed by atoms with Crippen molar-refractivity contribution in [1.29, 1.82) is 0 Å². The van der Waals surface area contributed by atoms with Crippen LogP contribution in [-0.4, -0.2) is 34.6 Å². The zero-order valence-electron chi connectivity index (χ0n) is 10.9. The lowest BCUT2D eigenvalue weighted by Gasteiger charge is -2.36. The Kier molecular flexibility index (Phi) is 3.30. The van der Waals surface area contributed by atoms with E-state index in [4.69, 9.17) is 5.73 Å². The minimum Gasteiger partial charge on any atom is -0.398 e. The fourth-order valence-electron chi connectivity index (χ4n) is 2.25. The Morgan fingerprint density at radius 3 is 2.61 bits per heavy atom. The maximum atomic E-state index is 12.4. The van der Waals surface area contributed by atoms with E-state index in [2.05, 4.69) is 0 Å². The fraction of sp³-hybridized carbons (Fsp3) is 0.500. The summed E-state index contributed by atoms with van der Waals surface area (Å²) in [6, 6.07) is 5.41. The Hall–Kier alpha value is -1.55. The van der Waals surface area contributed by atoms with E-state index in [0.717, 1.165) is 5.56 Å². The maximum absolute atomic E-state index is 12.4. The molecule has 0 aliphatic carbocycles. The first-order chi connectivity index (χ1) is 8.41. The summed E-state index contributed by atoms with van der Waals surface area (Å²) in [5.74, 6) is 0.00954. The number of anilines is 1. The predicted molar refractivity (Wildman–Crippen MR) is 71.4 cm³/mol. The van der Waals surface area contributed by atoms with Gasteiger partial charge >= 0.3 is 0 Å². The van der Waals surface area contributed by atoms with Gasteiger partial charge in [0, 0.05) is 24.3 Å². The van der Waals surface area contributed by atoms with Gasteiger partial charge in [-0.1, -0.05) is 6.07 Å². The van der Waals surface area contributed by atoms with Crippen molar-refractivity contribution in [2.75, 3.05) is 18.8 Å². The number of carbonyl (C=O) groups is 1. The Morgan fingerprint density at radius 2 is 2.00 bits per heavy atom. The number of nitrogen functional groups attached to an aromatic ring is 1. The molecule has 1 fully saturated rings. The van der Waals surface area contributed by atoms with Crippen molar-refractivity contribution in [1.82, 2.24) is 4.90 Å². The number of piperidine rings is 1. The van der Waals surface area contributed by atoms with E-state index in [1.54, 1.807) is 23.1 Å². The molecule has 1 aliphatic rings. The van der Waals surface area contributed by atoms with Gasteiger partial charge in [0.1, 0.15) is 0 Å². The average molecular weight is 248 g/mol. The van der Waals surface area contributed by atoms with E-state index in [1.807, 2.05) is 13.8 Å². The van der Waals surface area contributed by atoms with E-state index >= 15 is 0 Å². The molecule has 0 spiro atoms. The minimum absolute atomic E-state index is 0.00954. The molecule has 1 aliphatic heterocycles. The fourth-order valence-corrected chi connectivity index (χ4v) is 2.25. The molecule has 4 heteroatoms. The normalized spacial score (nSPS) is 18.7. The summed E-state index contributed by atoms with van der Waals surface area (Å²) in [7, 11) is 0. The molecule has 0 atom stereocenters. The van der Waals surface area contributed by atoms with Crippen LogP contribution < -0.4 is 5.73 Å². The van der Waals surface area contributed by atoms with Gasteiger partial charge in [-0.2, -0.15) is 0 Å². The van der Waals surface area contributed by atoms with Crippen LogP contribution in [0.4, 0.5) is 5.69 Å². The Balaban J connectivity index is 2.15. The van der Waals surface area contributed by atoms with Gasteiger partial charge < -0.3 is 15.7 Å². The zero-order valence-corrected chi connectivity index (χ0v) is 10.9. The minimum atomic E-state index is -0.637. The molecule has 18 heavy (non-hydrogen) atoms. The van der Waals surface area contributed by atoms with Crippen LogP contribution >= 0.6 is 0 Å². The lowest BCUT2D eigenvalue weighted by molar-refractivity contribution is -0.00203. The first-order valence-electron chi connectivity index (χ1n) is 6.27. The number of hydrogen-bond acceptors (Lipinski definition) is 3. The van der Waals surface area contributed by atoms with Crippen molar-refractivity contribution in [3.8, 4) is 0 Å². The Labute approximate surface area is 107 Å². The second-order valence-corrected chi connectivity index (χ2v) is 5.31. The molecular weight excluding hydrogens is 228 g/mol. The molecule has 4 nitrogen and oxygen atoms in total. The molecule has 0 saturated carbocycles. The molecule has 1 aromatic rings. The van der Waals surface area contributed by atoms with Crippen LogP contribution in [0.3, 0.4) is 0 Å². The van der Waals surface area contributed by atoms with E-state index < -0.39 is 5.60 Å². The van der Waals surface area contributed by atoms with Gasteiger partial charge in [-0.3, -0.25) is 4.79 Å². The highest BCUT2D eigenvalue weighted by Crippen LogP contribution is 2.24. The highest BCUT2D eigenvalue weighted by molar-refractivity contribution is 5.97. The van der Waals surface area contributed by atoms with E-state index in [0.29, 0.717) is 37.2 Å². The molecule has 1 amide bonds. The molecule has 0 unspecified atom stereocenters. The van der Waals surface area contributed by atoms with E-state index in [1.165, 1.54) is 0 Å². The number of aliphatic hydroxyl groups is 1. The number of rotatable bonds is 1. The topological polar surface area (TPSA) is 66.6 Å². The monoisotopic (exact) mass is 248 g/mol. The maximum Gasteiger partial charge on any atom is 0.254 e. The molecule has 2 rings (SSSR count). The molecule has 3 N–H and O–H groups in total. The summed E-state index contributed by atoms with van der Waals surface area (Å²) < 4.78 is 0. The van der Waals surface area contributed by atoms with Gasteiger partial charge in [0.05, 0.1) is 5.60 Å². The van der Waals surface area contributed by atoms with Crippen molar-refractivity contribution in [2.45, 2.75) is 32.3 Å². The first-order valence-corrected chi connectivity index (χ1v) is 6.27. The van der Waals surface area contributed by atoms with Gasteiger partial charge in [0.15, 0.2) is 0 Å². The number of likely N-dealkylation sites (tertiary alicyclic amines) is 1. The first kappa shape index (κ1) is 12.9. The van der Waals surface area contributed by atoms with Crippen molar-refractivity contribution >= 4 is 11.6 Å². The van der Waals surface area contributed by atoms with Crippen LogP contribution in [0.25, 0.3) is 0 Å². The number of amides is 1. The van der Waals surface area contributed by atoms with Crippen LogP contribution in [-0.2, 0) is 0 Å². The highest BCUT2D eigenvalue weighted by Gasteiger charge is 2.30. The van der Waals surface area contributed by atoms with Gasteiger partial charge in [0.2, 0.25) is 0 Å². The summed E-state index contributed by atoms with van der Waals surface area (Å²) >= 11 is 0. The van der Waals surface area contributed by atoms with Crippen LogP contribution in [0.1, 0.15) is 35.7 Å². The predicted octanol–water partition coefficient (Wildman–Crippen LogP) is 1.56. The SMILES string of the molecule is Cc1c(N)cccc1C(=O)N1CCC(C)(O)CC1. The van der Waals surface area contributed by atoms with Crippen molar-refractivity contribution in [3.05, 3.63) is 29.3 Å². The average Bonchev–Trinajstić information content (AvgIpc) is 2.32. The molecule has 1 saturated heterocycles. The van der Waals surface area contributed by atoms with Gasteiger partial charge in [-0.15, -0.1) is 0 Å². The summed E-state index contributed by atoms with van der Waals surface area (Å²) in [6.07, 6.45) is 1.25. The molecular formula is C14H20N2O2. The quantitative estimate of drug-likeness (QED) is 0.741. The lowest BCUT2D eigenvalue weighted by atomic mass is 9.93. The molecule has 0 aromatic heterocycles. The number of carbonyl (C=O) groups excluding carboxylic acids is 1. The van der Waals surface area contributed by atoms with Crippen LogP contribution in [0.15, 0.2) is 18.2 Å². The summed E-state index contributed by atoms with van der Waals surface area (Å²) in [4.78, 5) is 14.2. The zero-order chi connectivity index (χ0) is 13.3. The second-order valence-electron chi connectivity index (χ2n) is 5.31. The molecule has 0 bridgehead atoms. The summed E-state index contributed by atoms with van der Waals surface area (Å²) in [6.45, 7) is 4.88. The van der Waals surface area contributed by atoms with E-state index in [9.17, 15) is 9.90 Å². The number of nitrogens with two attached hydrogens (primary N) is 1. The Morgan fingerprint density at radius 1 is 1.39 bits per heavy atom. The van der Waals surface area contributed by atoms with E-state index in [-0.39, 0.29) is 5.91 Å². The number of nitrogens with zero attached hydrogens (tertiary/aromatic N) is 1. The van der Waals surface area contributed by atoms with Crippen LogP contribution in [0, 0.1) is 6.92 Å².